The number of thiazole rings is 1. The molecule has 2 fully saturated rings. The van der Waals surface area contributed by atoms with Gasteiger partial charge in [-0.1, -0.05) is 23.8 Å². The van der Waals surface area contributed by atoms with Gasteiger partial charge in [-0.05, 0) is 81.1 Å². The largest absolute Gasteiger partial charge is 0.352 e. The SMILES string of the molecule is O=C(NCCCN1CCC(F)CC1)c1ccc2c(c1)sc1nc(-c3ccc([C@H]4CCCCN4)cc3F)cn12. The van der Waals surface area contributed by atoms with Crippen molar-refractivity contribution >= 4 is 32.4 Å². The molecule has 9 heteroatoms. The molecule has 2 aliphatic rings. The molecule has 2 N–H and O–H groups in total. The normalized spacial score (nSPS) is 19.4. The number of fused-ring (bicyclic) bond motifs is 3. The molecule has 200 valence electrons. The summed E-state index contributed by atoms with van der Waals surface area (Å²) in [6.07, 6.45) is 6.64. The number of carbonyl (C=O) groups excluding carboxylic acids is 1. The lowest BCUT2D eigenvalue weighted by molar-refractivity contribution is 0.0950. The number of piperidine rings is 2. The number of alkyl halides is 1. The van der Waals surface area contributed by atoms with Crippen molar-refractivity contribution in [3.8, 4) is 11.3 Å². The molecule has 0 unspecified atom stereocenters. The van der Waals surface area contributed by atoms with Crippen molar-refractivity contribution in [1.82, 2.24) is 24.9 Å². The molecule has 0 aliphatic carbocycles. The first-order valence-electron chi connectivity index (χ1n) is 13.6. The molecule has 0 radical (unpaired) electrons. The van der Waals surface area contributed by atoms with Crippen molar-refractivity contribution in [3.05, 3.63) is 59.5 Å². The van der Waals surface area contributed by atoms with E-state index in [2.05, 4.69) is 15.5 Å². The quantitative estimate of drug-likeness (QED) is 0.296. The topological polar surface area (TPSA) is 61.7 Å². The summed E-state index contributed by atoms with van der Waals surface area (Å²) in [7, 11) is 0. The van der Waals surface area contributed by atoms with E-state index >= 15 is 4.39 Å². The Kier molecular flexibility index (Phi) is 7.41. The molecule has 6 nitrogen and oxygen atoms in total. The van der Waals surface area contributed by atoms with E-state index in [4.69, 9.17) is 4.98 Å². The van der Waals surface area contributed by atoms with E-state index in [0.717, 1.165) is 66.2 Å². The zero-order valence-electron chi connectivity index (χ0n) is 21.4. The molecule has 0 bridgehead atoms. The van der Waals surface area contributed by atoms with Crippen molar-refractivity contribution in [2.75, 3.05) is 32.7 Å². The summed E-state index contributed by atoms with van der Waals surface area (Å²) < 4.78 is 31.3. The Morgan fingerprint density at radius 3 is 2.79 bits per heavy atom. The predicted octanol–water partition coefficient (Wildman–Crippen LogP) is 5.72. The third-order valence-electron chi connectivity index (χ3n) is 7.79. The number of hydrogen-bond acceptors (Lipinski definition) is 5. The summed E-state index contributed by atoms with van der Waals surface area (Å²) in [4.78, 5) is 20.4. The Bertz CT molecular complexity index is 1440. The Balaban J connectivity index is 1.11. The number of nitrogens with one attached hydrogen (secondary N) is 2. The second kappa shape index (κ2) is 11.1. The maximum Gasteiger partial charge on any atom is 0.251 e. The Labute approximate surface area is 225 Å². The van der Waals surface area contributed by atoms with Crippen molar-refractivity contribution < 1.29 is 13.6 Å². The Morgan fingerprint density at radius 2 is 2.00 bits per heavy atom. The summed E-state index contributed by atoms with van der Waals surface area (Å²) in [6.45, 7) is 4.03. The zero-order valence-corrected chi connectivity index (χ0v) is 22.2. The number of hydrogen-bond donors (Lipinski definition) is 2. The number of halogens is 2. The molecular formula is C29H33F2N5OS. The van der Waals surface area contributed by atoms with Crippen LogP contribution < -0.4 is 10.6 Å². The molecule has 2 aromatic heterocycles. The third-order valence-corrected chi connectivity index (χ3v) is 8.81. The van der Waals surface area contributed by atoms with Crippen LogP contribution in [0.2, 0.25) is 0 Å². The maximum atomic E-state index is 15.1. The van der Waals surface area contributed by atoms with E-state index in [0.29, 0.717) is 36.2 Å². The van der Waals surface area contributed by atoms with Crippen molar-refractivity contribution in [2.24, 2.45) is 0 Å². The van der Waals surface area contributed by atoms with Crippen molar-refractivity contribution in [1.29, 1.82) is 0 Å². The van der Waals surface area contributed by atoms with Gasteiger partial charge in [0.15, 0.2) is 4.96 Å². The van der Waals surface area contributed by atoms with Gasteiger partial charge in [0.2, 0.25) is 0 Å². The van der Waals surface area contributed by atoms with Crippen LogP contribution >= 0.6 is 11.3 Å². The minimum atomic E-state index is -0.663. The number of nitrogens with zero attached hydrogens (tertiary/aromatic N) is 3. The molecule has 4 aromatic rings. The average molecular weight is 538 g/mol. The molecule has 1 amide bonds. The Morgan fingerprint density at radius 1 is 1.13 bits per heavy atom. The first-order chi connectivity index (χ1) is 18.5. The number of imidazole rings is 1. The molecule has 2 saturated heterocycles. The monoisotopic (exact) mass is 537 g/mol. The summed E-state index contributed by atoms with van der Waals surface area (Å²) in [6, 6.07) is 11.3. The highest BCUT2D eigenvalue weighted by atomic mass is 32.1. The van der Waals surface area contributed by atoms with Gasteiger partial charge in [0.25, 0.3) is 5.91 Å². The van der Waals surface area contributed by atoms with Gasteiger partial charge >= 0.3 is 0 Å². The first kappa shape index (κ1) is 25.4. The van der Waals surface area contributed by atoms with E-state index in [1.54, 1.807) is 6.07 Å². The summed E-state index contributed by atoms with van der Waals surface area (Å²) in [5.74, 6) is -0.355. The minimum Gasteiger partial charge on any atom is -0.352 e. The minimum absolute atomic E-state index is 0.101. The first-order valence-corrected chi connectivity index (χ1v) is 14.5. The van der Waals surface area contributed by atoms with Crippen LogP contribution in [-0.4, -0.2) is 59.1 Å². The van der Waals surface area contributed by atoms with Gasteiger partial charge < -0.3 is 15.5 Å². The van der Waals surface area contributed by atoms with Crippen molar-refractivity contribution in [3.63, 3.8) is 0 Å². The molecule has 6 rings (SSSR count). The van der Waals surface area contributed by atoms with Crippen LogP contribution in [-0.2, 0) is 0 Å². The van der Waals surface area contributed by atoms with Crippen molar-refractivity contribution in [2.45, 2.75) is 50.7 Å². The van der Waals surface area contributed by atoms with Gasteiger partial charge in [-0.3, -0.25) is 9.20 Å². The second-order valence-corrected chi connectivity index (χ2v) is 11.4. The fourth-order valence-electron chi connectivity index (χ4n) is 5.60. The highest BCUT2D eigenvalue weighted by molar-refractivity contribution is 7.23. The number of carbonyl (C=O) groups is 1. The maximum absolute atomic E-state index is 15.1. The zero-order chi connectivity index (χ0) is 26.1. The fourth-order valence-corrected chi connectivity index (χ4v) is 6.64. The smallest absolute Gasteiger partial charge is 0.251 e. The standard InChI is InChI=1S/C29H33F2N5OS/c30-21-9-14-35(15-10-21)13-3-12-33-28(37)20-6-8-26-27(17-20)38-29-34-25(18-36(26)29)22-7-5-19(16-23(22)31)24-4-1-2-11-32-24/h5-8,16-18,21,24,32H,1-4,9-15H2,(H,33,37)/t24-/m1/s1. The number of benzene rings is 2. The van der Waals surface area contributed by atoms with E-state index < -0.39 is 6.17 Å². The van der Waals surface area contributed by atoms with Crippen LogP contribution in [0.25, 0.3) is 26.4 Å². The highest BCUT2D eigenvalue weighted by Gasteiger charge is 2.20. The molecule has 4 heterocycles. The highest BCUT2D eigenvalue weighted by Crippen LogP contribution is 2.32. The fraction of sp³-hybridized carbons (Fsp3) is 0.448. The summed E-state index contributed by atoms with van der Waals surface area (Å²) in [5.41, 5.74) is 3.65. The molecule has 2 aliphatic heterocycles. The number of aromatic nitrogens is 2. The van der Waals surface area contributed by atoms with E-state index in [1.165, 1.54) is 17.8 Å². The van der Waals surface area contributed by atoms with Crippen LogP contribution in [0, 0.1) is 5.82 Å². The van der Waals surface area contributed by atoms with E-state index in [-0.39, 0.29) is 17.8 Å². The van der Waals surface area contributed by atoms with Crippen LogP contribution in [0.5, 0.6) is 0 Å². The lowest BCUT2D eigenvalue weighted by atomic mass is 9.96. The number of likely N-dealkylation sites (tertiary alicyclic amines) is 1. The lowest BCUT2D eigenvalue weighted by Crippen LogP contribution is -2.36. The van der Waals surface area contributed by atoms with Gasteiger partial charge in [0.05, 0.1) is 15.9 Å². The summed E-state index contributed by atoms with van der Waals surface area (Å²) in [5, 5.41) is 6.48. The molecular weight excluding hydrogens is 504 g/mol. The molecule has 0 saturated carbocycles. The number of rotatable bonds is 7. The van der Waals surface area contributed by atoms with Gasteiger partial charge in [0, 0.05) is 43.0 Å². The van der Waals surface area contributed by atoms with E-state index in [1.807, 2.05) is 40.9 Å². The van der Waals surface area contributed by atoms with Gasteiger partial charge in [-0.2, -0.15) is 0 Å². The number of amides is 1. The van der Waals surface area contributed by atoms with Crippen LogP contribution in [0.1, 0.15) is 60.5 Å². The average Bonchev–Trinajstić information content (AvgIpc) is 3.50. The molecule has 1 atom stereocenters. The van der Waals surface area contributed by atoms with Gasteiger partial charge in [-0.25, -0.2) is 13.8 Å². The van der Waals surface area contributed by atoms with Crippen LogP contribution in [0.4, 0.5) is 8.78 Å². The molecule has 0 spiro atoms. The third kappa shape index (κ3) is 5.32. The van der Waals surface area contributed by atoms with Crippen LogP contribution in [0.15, 0.2) is 42.6 Å². The predicted molar refractivity (Wildman–Crippen MR) is 148 cm³/mol. The molecule has 2 aromatic carbocycles. The summed E-state index contributed by atoms with van der Waals surface area (Å²) >= 11 is 1.49. The Hall–Kier alpha value is -2.88. The lowest BCUT2D eigenvalue weighted by Gasteiger charge is -2.28. The second-order valence-electron chi connectivity index (χ2n) is 10.4. The molecule has 38 heavy (non-hydrogen) atoms. The van der Waals surface area contributed by atoms with Gasteiger partial charge in [-0.15, -0.1) is 0 Å². The van der Waals surface area contributed by atoms with Gasteiger partial charge in [0.1, 0.15) is 12.0 Å². The van der Waals surface area contributed by atoms with E-state index in [9.17, 15) is 9.18 Å². The van der Waals surface area contributed by atoms with Crippen LogP contribution in [0.3, 0.4) is 0 Å².